The first-order valence-corrected chi connectivity index (χ1v) is 7.33. The minimum atomic E-state index is 0.225. The van der Waals surface area contributed by atoms with Gasteiger partial charge in [0.15, 0.2) is 0 Å². The smallest absolute Gasteiger partial charge is 0.224 e. The van der Waals surface area contributed by atoms with Crippen molar-refractivity contribution in [1.82, 2.24) is 9.55 Å². The number of hydrogen-bond donors (Lipinski definition) is 2. The molecule has 0 fully saturated rings. The van der Waals surface area contributed by atoms with Gasteiger partial charge in [-0.25, -0.2) is 10.4 Å². The molecule has 0 saturated heterocycles. The predicted molar refractivity (Wildman–Crippen MR) is 93.9 cm³/mol. The zero-order valence-electron chi connectivity index (χ0n) is 12.9. The first kappa shape index (κ1) is 14.8. The van der Waals surface area contributed by atoms with Crippen molar-refractivity contribution in [3.63, 3.8) is 0 Å². The third-order valence-electron chi connectivity index (χ3n) is 3.67. The Hall–Kier alpha value is -3.08. The van der Waals surface area contributed by atoms with Crippen molar-refractivity contribution in [3.8, 4) is 5.75 Å². The van der Waals surface area contributed by atoms with E-state index in [2.05, 4.69) is 22.1 Å². The fourth-order valence-electron chi connectivity index (χ4n) is 2.44. The zero-order valence-corrected chi connectivity index (χ0v) is 12.9. The summed E-state index contributed by atoms with van der Waals surface area (Å²) in [6.45, 7) is 3.69. The van der Waals surface area contributed by atoms with Crippen molar-refractivity contribution in [3.05, 3.63) is 66.2 Å². The van der Waals surface area contributed by atoms with Gasteiger partial charge in [0, 0.05) is 12.6 Å². The average molecular weight is 306 g/mol. The summed E-state index contributed by atoms with van der Waals surface area (Å²) in [4.78, 5) is 4.48. The van der Waals surface area contributed by atoms with Gasteiger partial charge in [-0.3, -0.25) is 0 Å². The van der Waals surface area contributed by atoms with Crippen LogP contribution in [0.15, 0.2) is 60.2 Å². The largest absolute Gasteiger partial charge is 0.507 e. The molecule has 2 N–H and O–H groups in total. The number of aromatic hydroxyl groups is 1. The predicted octanol–water partition coefficient (Wildman–Crippen LogP) is 3.45. The Labute approximate surface area is 134 Å². The number of fused-ring (bicyclic) bond motifs is 1. The number of nitrogens with zero attached hydrogens (tertiary/aromatic N) is 3. The van der Waals surface area contributed by atoms with Crippen molar-refractivity contribution >= 4 is 23.2 Å². The van der Waals surface area contributed by atoms with Crippen LogP contribution in [0.2, 0.25) is 0 Å². The summed E-state index contributed by atoms with van der Waals surface area (Å²) in [6, 6.07) is 13.4. The average Bonchev–Trinajstić information content (AvgIpc) is 2.88. The Kier molecular flexibility index (Phi) is 4.10. The Morgan fingerprint density at radius 1 is 1.26 bits per heavy atom. The fourth-order valence-corrected chi connectivity index (χ4v) is 2.44. The summed E-state index contributed by atoms with van der Waals surface area (Å²) in [7, 11) is 1.93. The van der Waals surface area contributed by atoms with Crippen molar-refractivity contribution < 1.29 is 5.11 Å². The molecule has 1 heterocycles. The topological polar surface area (TPSA) is 62.4 Å². The number of benzene rings is 2. The molecule has 116 valence electrons. The first-order chi connectivity index (χ1) is 11.2. The molecule has 5 heteroatoms. The van der Waals surface area contributed by atoms with E-state index in [0.29, 0.717) is 17.9 Å². The number of imidazole rings is 1. The zero-order chi connectivity index (χ0) is 16.2. The van der Waals surface area contributed by atoms with Gasteiger partial charge in [-0.2, -0.15) is 5.10 Å². The van der Waals surface area contributed by atoms with Crippen LogP contribution >= 0.6 is 0 Å². The quantitative estimate of drug-likeness (QED) is 0.431. The molecule has 0 spiro atoms. The second kappa shape index (κ2) is 6.36. The normalized spacial score (nSPS) is 11.2. The monoisotopic (exact) mass is 306 g/mol. The van der Waals surface area contributed by atoms with Crippen molar-refractivity contribution in [2.75, 3.05) is 5.43 Å². The highest BCUT2D eigenvalue weighted by Crippen LogP contribution is 2.22. The van der Waals surface area contributed by atoms with Gasteiger partial charge in [0.1, 0.15) is 5.75 Å². The Morgan fingerprint density at radius 2 is 2.09 bits per heavy atom. The van der Waals surface area contributed by atoms with E-state index in [9.17, 15) is 5.11 Å². The lowest BCUT2D eigenvalue weighted by atomic mass is 10.1. The molecule has 0 amide bonds. The van der Waals surface area contributed by atoms with Gasteiger partial charge in [-0.05, 0) is 30.2 Å². The molecule has 0 aliphatic carbocycles. The summed E-state index contributed by atoms with van der Waals surface area (Å²) < 4.78 is 1.93. The van der Waals surface area contributed by atoms with Gasteiger partial charge in [-0.1, -0.05) is 30.3 Å². The second-order valence-corrected chi connectivity index (χ2v) is 5.20. The van der Waals surface area contributed by atoms with Gasteiger partial charge in [0.2, 0.25) is 5.95 Å². The highest BCUT2D eigenvalue weighted by molar-refractivity contribution is 5.85. The molecule has 0 unspecified atom stereocenters. The summed E-state index contributed by atoms with van der Waals surface area (Å²) in [6.07, 6.45) is 3.96. The molecule has 0 saturated carbocycles. The van der Waals surface area contributed by atoms with Gasteiger partial charge in [0.25, 0.3) is 0 Å². The molecular formula is C18H18N4O. The number of nitrogens with one attached hydrogen (secondary N) is 1. The standard InChI is InChI=1S/C18H18N4O/c1-3-7-13-8-6-9-14(17(13)23)12-19-21-18-20-15-10-4-5-11-16(15)22(18)2/h3-6,8-12,23H,1,7H2,2H3,(H,20,21). The van der Waals surface area contributed by atoms with Crippen LogP contribution in [-0.2, 0) is 13.5 Å². The van der Waals surface area contributed by atoms with E-state index in [1.165, 1.54) is 0 Å². The van der Waals surface area contributed by atoms with E-state index in [-0.39, 0.29) is 5.75 Å². The van der Waals surface area contributed by atoms with Crippen LogP contribution < -0.4 is 5.43 Å². The van der Waals surface area contributed by atoms with Crippen molar-refractivity contribution in [1.29, 1.82) is 0 Å². The summed E-state index contributed by atoms with van der Waals surface area (Å²) >= 11 is 0. The minimum absolute atomic E-state index is 0.225. The highest BCUT2D eigenvalue weighted by Gasteiger charge is 2.06. The molecule has 23 heavy (non-hydrogen) atoms. The van der Waals surface area contributed by atoms with E-state index < -0.39 is 0 Å². The molecule has 3 rings (SSSR count). The lowest BCUT2D eigenvalue weighted by molar-refractivity contribution is 0.469. The number of hydrogen-bond acceptors (Lipinski definition) is 4. The maximum atomic E-state index is 10.2. The van der Waals surface area contributed by atoms with Gasteiger partial charge in [-0.15, -0.1) is 6.58 Å². The van der Waals surface area contributed by atoms with E-state index in [4.69, 9.17) is 0 Å². The van der Waals surface area contributed by atoms with Crippen molar-refractivity contribution in [2.45, 2.75) is 6.42 Å². The van der Waals surface area contributed by atoms with E-state index >= 15 is 0 Å². The van der Waals surface area contributed by atoms with Gasteiger partial charge < -0.3 is 9.67 Å². The summed E-state index contributed by atoms with van der Waals surface area (Å²) in [5, 5.41) is 14.4. The summed E-state index contributed by atoms with van der Waals surface area (Å²) in [5.41, 5.74) is 6.33. The molecule has 0 aliphatic heterocycles. The molecule has 1 aromatic heterocycles. The maximum absolute atomic E-state index is 10.2. The molecule has 0 aliphatic rings. The third-order valence-corrected chi connectivity index (χ3v) is 3.67. The SMILES string of the molecule is C=CCc1cccc(C=NNc2nc3ccccc3n2C)c1O. The molecule has 0 atom stereocenters. The molecule has 0 bridgehead atoms. The van der Waals surface area contributed by atoms with Gasteiger partial charge >= 0.3 is 0 Å². The number of hydrazone groups is 1. The molecule has 5 nitrogen and oxygen atoms in total. The van der Waals surface area contributed by atoms with E-state index in [1.807, 2.05) is 54.1 Å². The number of phenolic OH excluding ortho intramolecular Hbond substituents is 1. The van der Waals surface area contributed by atoms with Crippen LogP contribution in [0.5, 0.6) is 5.75 Å². The number of anilines is 1. The third kappa shape index (κ3) is 2.94. The van der Waals surface area contributed by atoms with Crippen molar-refractivity contribution in [2.24, 2.45) is 12.1 Å². The molecule has 0 radical (unpaired) electrons. The van der Waals surface area contributed by atoms with Gasteiger partial charge in [0.05, 0.1) is 17.2 Å². The lowest BCUT2D eigenvalue weighted by Gasteiger charge is -2.05. The Balaban J connectivity index is 1.82. The van der Waals surface area contributed by atoms with E-state index in [1.54, 1.807) is 12.3 Å². The lowest BCUT2D eigenvalue weighted by Crippen LogP contribution is -1.99. The number of phenols is 1. The van der Waals surface area contributed by atoms with Crippen LogP contribution in [-0.4, -0.2) is 20.9 Å². The molecular weight excluding hydrogens is 288 g/mol. The minimum Gasteiger partial charge on any atom is -0.507 e. The number of aromatic nitrogens is 2. The number of rotatable bonds is 5. The van der Waals surface area contributed by atoms with Crippen LogP contribution in [0.4, 0.5) is 5.95 Å². The van der Waals surface area contributed by atoms with Crippen LogP contribution in [0.3, 0.4) is 0 Å². The first-order valence-electron chi connectivity index (χ1n) is 7.33. The van der Waals surface area contributed by atoms with Crippen LogP contribution in [0, 0.1) is 0 Å². The Morgan fingerprint density at radius 3 is 2.87 bits per heavy atom. The Bertz CT molecular complexity index is 880. The molecule has 2 aromatic carbocycles. The second-order valence-electron chi connectivity index (χ2n) is 5.20. The van der Waals surface area contributed by atoms with E-state index in [0.717, 1.165) is 16.6 Å². The number of aryl methyl sites for hydroxylation is 1. The van der Waals surface area contributed by atoms with Crippen LogP contribution in [0.1, 0.15) is 11.1 Å². The maximum Gasteiger partial charge on any atom is 0.224 e. The van der Waals surface area contributed by atoms with Crippen LogP contribution in [0.25, 0.3) is 11.0 Å². The highest BCUT2D eigenvalue weighted by atomic mass is 16.3. The molecule has 3 aromatic rings. The fraction of sp³-hybridized carbons (Fsp3) is 0.111. The number of allylic oxidation sites excluding steroid dienone is 1. The number of para-hydroxylation sites is 3. The summed E-state index contributed by atoms with van der Waals surface area (Å²) in [5.74, 6) is 0.868.